The van der Waals surface area contributed by atoms with Crippen LogP contribution in [-0.2, 0) is 4.74 Å². The van der Waals surface area contributed by atoms with Gasteiger partial charge >= 0.3 is 11.7 Å². The van der Waals surface area contributed by atoms with Crippen molar-refractivity contribution in [3.05, 3.63) is 58.5 Å². The molecule has 0 aliphatic rings. The molecule has 0 aliphatic carbocycles. The van der Waals surface area contributed by atoms with Crippen LogP contribution in [0.5, 0.6) is 0 Å². The minimum Gasteiger partial charge on any atom is -0.464 e. The third-order valence-electron chi connectivity index (χ3n) is 3.06. The Morgan fingerprint density at radius 2 is 2.14 bits per heavy atom. The number of benzene rings is 1. The van der Waals surface area contributed by atoms with Crippen molar-refractivity contribution < 1.29 is 13.9 Å². The zero-order valence-electron chi connectivity index (χ0n) is 11.0. The highest BCUT2D eigenvalue weighted by Crippen LogP contribution is 2.18. The van der Waals surface area contributed by atoms with Crippen LogP contribution in [0.25, 0.3) is 16.7 Å². The summed E-state index contributed by atoms with van der Waals surface area (Å²) in [6.45, 7) is 0. The molecule has 0 saturated heterocycles. The molecule has 2 heterocycles. The van der Waals surface area contributed by atoms with E-state index in [1.54, 1.807) is 6.07 Å². The second-order valence-corrected chi connectivity index (χ2v) is 4.29. The number of esters is 1. The Morgan fingerprint density at radius 3 is 2.81 bits per heavy atom. The number of imidazole rings is 1. The van der Waals surface area contributed by atoms with Crippen molar-refractivity contribution in [2.75, 3.05) is 7.11 Å². The summed E-state index contributed by atoms with van der Waals surface area (Å²) < 4.78 is 19.6. The third kappa shape index (κ3) is 2.08. The molecule has 1 N–H and O–H groups in total. The fourth-order valence-corrected chi connectivity index (χ4v) is 2.11. The number of hydrogen-bond acceptors (Lipinski definition) is 4. The first-order chi connectivity index (χ1) is 10.1. The fourth-order valence-electron chi connectivity index (χ4n) is 2.11. The lowest BCUT2D eigenvalue weighted by molar-refractivity contribution is 0.0594. The zero-order valence-corrected chi connectivity index (χ0v) is 11.0. The number of rotatable bonds is 2. The molecule has 0 amide bonds. The van der Waals surface area contributed by atoms with Gasteiger partial charge in [0, 0.05) is 0 Å². The maximum Gasteiger partial charge on any atom is 0.356 e. The number of aromatic nitrogens is 3. The van der Waals surface area contributed by atoms with E-state index in [4.69, 9.17) is 0 Å². The first kappa shape index (κ1) is 13.0. The zero-order chi connectivity index (χ0) is 15.0. The molecular formula is C14H10FN3O3. The van der Waals surface area contributed by atoms with Crippen LogP contribution in [0.2, 0.25) is 0 Å². The van der Waals surface area contributed by atoms with E-state index in [1.807, 2.05) is 0 Å². The largest absolute Gasteiger partial charge is 0.464 e. The summed E-state index contributed by atoms with van der Waals surface area (Å²) in [5, 5.41) is 0. The van der Waals surface area contributed by atoms with Gasteiger partial charge in [0.05, 0.1) is 24.5 Å². The molecule has 7 heteroatoms. The van der Waals surface area contributed by atoms with Gasteiger partial charge in [0.2, 0.25) is 0 Å². The van der Waals surface area contributed by atoms with Gasteiger partial charge in [-0.05, 0) is 24.3 Å². The molecule has 2 aromatic heterocycles. The summed E-state index contributed by atoms with van der Waals surface area (Å²) in [5.41, 5.74) is 0.494. The topological polar surface area (TPSA) is 77.0 Å². The maximum absolute atomic E-state index is 13.9. The summed E-state index contributed by atoms with van der Waals surface area (Å²) in [5.74, 6) is -1.11. The Labute approximate surface area is 117 Å². The Morgan fingerprint density at radius 1 is 1.33 bits per heavy atom. The Balaban J connectivity index is 2.19. The number of nitrogens with one attached hydrogen (secondary N) is 1. The number of pyridine rings is 1. The summed E-state index contributed by atoms with van der Waals surface area (Å²) in [6.07, 6.45) is 1.31. The predicted molar refractivity (Wildman–Crippen MR) is 73.0 cm³/mol. The summed E-state index contributed by atoms with van der Waals surface area (Å²) in [7, 11) is 1.25. The molecule has 0 saturated carbocycles. The number of methoxy groups -OCH3 is 1. The number of hydrogen-bond donors (Lipinski definition) is 1. The van der Waals surface area contributed by atoms with Gasteiger partial charge in [0.25, 0.3) is 0 Å². The lowest BCUT2D eigenvalue weighted by atomic mass is 10.3. The number of carbonyl (C=O) groups is 1. The highest BCUT2D eigenvalue weighted by Gasteiger charge is 2.14. The second kappa shape index (κ2) is 4.86. The molecule has 21 heavy (non-hydrogen) atoms. The van der Waals surface area contributed by atoms with Gasteiger partial charge in [0.15, 0.2) is 0 Å². The lowest BCUT2D eigenvalue weighted by Gasteiger charge is -2.04. The highest BCUT2D eigenvalue weighted by molar-refractivity contribution is 5.87. The molecule has 0 atom stereocenters. The van der Waals surface area contributed by atoms with E-state index in [-0.39, 0.29) is 11.2 Å². The van der Waals surface area contributed by atoms with E-state index in [9.17, 15) is 14.0 Å². The van der Waals surface area contributed by atoms with Crippen LogP contribution < -0.4 is 5.69 Å². The Hall–Kier alpha value is -2.96. The molecule has 1 aromatic carbocycles. The van der Waals surface area contributed by atoms with Crippen LogP contribution in [0, 0.1) is 5.82 Å². The molecular weight excluding hydrogens is 277 g/mol. The van der Waals surface area contributed by atoms with Crippen LogP contribution >= 0.6 is 0 Å². The number of halogens is 1. The van der Waals surface area contributed by atoms with E-state index in [1.165, 1.54) is 42.1 Å². The van der Waals surface area contributed by atoms with Crippen molar-refractivity contribution in [3.8, 4) is 5.69 Å². The van der Waals surface area contributed by atoms with Gasteiger partial charge < -0.3 is 9.72 Å². The average molecular weight is 287 g/mol. The molecule has 3 aromatic rings. The molecule has 0 bridgehead atoms. The van der Waals surface area contributed by atoms with Crippen LogP contribution in [0.1, 0.15) is 10.5 Å². The first-order valence-electron chi connectivity index (χ1n) is 6.06. The monoisotopic (exact) mass is 287 g/mol. The number of para-hydroxylation sites is 1. The summed E-state index contributed by atoms with van der Waals surface area (Å²) in [6, 6.07) is 7.29. The molecule has 0 unspecified atom stereocenters. The van der Waals surface area contributed by atoms with Crippen molar-refractivity contribution in [3.63, 3.8) is 0 Å². The summed E-state index contributed by atoms with van der Waals surface area (Å²) in [4.78, 5) is 29.8. The van der Waals surface area contributed by atoms with Gasteiger partial charge in [-0.15, -0.1) is 0 Å². The molecule has 6 nitrogen and oxygen atoms in total. The number of nitrogens with zero attached hydrogens (tertiary/aromatic N) is 2. The van der Waals surface area contributed by atoms with Gasteiger partial charge in [-0.25, -0.2) is 19.0 Å². The van der Waals surface area contributed by atoms with Crippen molar-refractivity contribution in [2.45, 2.75) is 0 Å². The number of carbonyl (C=O) groups excluding carboxylic acids is 1. The molecule has 0 fully saturated rings. The van der Waals surface area contributed by atoms with Crippen LogP contribution in [-0.4, -0.2) is 27.6 Å². The predicted octanol–water partition coefficient (Wildman–Crippen LogP) is 1.64. The van der Waals surface area contributed by atoms with Crippen molar-refractivity contribution in [2.24, 2.45) is 0 Å². The van der Waals surface area contributed by atoms with Gasteiger partial charge in [0.1, 0.15) is 17.0 Å². The Kier molecular flexibility index (Phi) is 3.02. The number of H-pyrrole nitrogens is 1. The third-order valence-corrected chi connectivity index (χ3v) is 3.06. The molecule has 0 aliphatic heterocycles. The fraction of sp³-hybridized carbons (Fsp3) is 0.0714. The molecule has 106 valence electrons. The number of ether oxygens (including phenoxy) is 1. The van der Waals surface area contributed by atoms with E-state index in [0.29, 0.717) is 11.2 Å². The molecule has 3 rings (SSSR count). The van der Waals surface area contributed by atoms with Crippen LogP contribution in [0.3, 0.4) is 0 Å². The standard InChI is InChI=1S/C14H10FN3O3/c1-21-13(19)11-6-5-8(7-16-11)18-12-9(15)3-2-4-10(12)17-14(18)20/h2-7H,1H3,(H,17,20). The lowest BCUT2D eigenvalue weighted by Crippen LogP contribution is -2.15. The normalized spacial score (nSPS) is 10.8. The molecule has 0 spiro atoms. The highest BCUT2D eigenvalue weighted by atomic mass is 19.1. The van der Waals surface area contributed by atoms with Crippen molar-refractivity contribution >= 4 is 17.0 Å². The average Bonchev–Trinajstić information content (AvgIpc) is 2.84. The number of aromatic amines is 1. The maximum atomic E-state index is 13.9. The van der Waals surface area contributed by atoms with Crippen LogP contribution in [0.15, 0.2) is 41.3 Å². The van der Waals surface area contributed by atoms with Crippen LogP contribution in [0.4, 0.5) is 4.39 Å². The van der Waals surface area contributed by atoms with E-state index >= 15 is 0 Å². The minimum absolute atomic E-state index is 0.106. The van der Waals surface area contributed by atoms with Gasteiger partial charge in [-0.1, -0.05) is 6.07 Å². The van der Waals surface area contributed by atoms with Crippen molar-refractivity contribution in [1.29, 1.82) is 0 Å². The second-order valence-electron chi connectivity index (χ2n) is 4.29. The SMILES string of the molecule is COC(=O)c1ccc(-n2c(=O)[nH]c3cccc(F)c32)cn1. The quantitative estimate of drug-likeness (QED) is 0.727. The number of fused-ring (bicyclic) bond motifs is 1. The first-order valence-corrected chi connectivity index (χ1v) is 6.06. The van der Waals surface area contributed by atoms with Gasteiger partial charge in [-0.3, -0.25) is 4.57 Å². The van der Waals surface area contributed by atoms with E-state index in [0.717, 1.165) is 0 Å². The smallest absolute Gasteiger partial charge is 0.356 e. The minimum atomic E-state index is -0.584. The molecule has 0 radical (unpaired) electrons. The Bertz CT molecular complexity index is 881. The van der Waals surface area contributed by atoms with Crippen molar-refractivity contribution in [1.82, 2.24) is 14.5 Å². The van der Waals surface area contributed by atoms with Gasteiger partial charge in [-0.2, -0.15) is 0 Å². The summed E-state index contributed by atoms with van der Waals surface area (Å²) >= 11 is 0. The van der Waals surface area contributed by atoms with E-state index < -0.39 is 17.5 Å². The van der Waals surface area contributed by atoms with E-state index in [2.05, 4.69) is 14.7 Å².